The van der Waals surface area contributed by atoms with E-state index in [0.717, 1.165) is 5.69 Å². The van der Waals surface area contributed by atoms with E-state index >= 15 is 0 Å². The topological polar surface area (TPSA) is 83.5 Å². The lowest BCUT2D eigenvalue weighted by Crippen LogP contribution is -2.02. The fourth-order valence-electron chi connectivity index (χ4n) is 0.575. The van der Waals surface area contributed by atoms with Crippen LogP contribution in [0.25, 0.3) is 0 Å². The Labute approximate surface area is 67.6 Å². The maximum Gasteiger partial charge on any atom is 0.180 e. The summed E-state index contributed by atoms with van der Waals surface area (Å²) in [7, 11) is 0. The van der Waals surface area contributed by atoms with Crippen LogP contribution in [0.5, 0.6) is 0 Å². The van der Waals surface area contributed by atoms with Crippen LogP contribution in [0.2, 0.25) is 0 Å². The minimum Gasteiger partial charge on any atom is -0.375 e. The molecule has 0 amide bonds. The summed E-state index contributed by atoms with van der Waals surface area (Å²) in [6.45, 7) is 0.432. The van der Waals surface area contributed by atoms with Gasteiger partial charge in [-0.15, -0.1) is 11.3 Å². The number of aliphatic imine (C=N–C) groups is 1. The minimum absolute atomic E-state index is 0.432. The summed E-state index contributed by atoms with van der Waals surface area (Å²) in [4.78, 5) is 7.73. The number of nitrogen functional groups attached to an aromatic ring is 1. The lowest BCUT2D eigenvalue weighted by atomic mass is 10.5. The molecule has 1 heterocycles. The molecule has 4 N–H and O–H groups in total. The molecule has 1 aromatic rings. The van der Waals surface area contributed by atoms with Crippen molar-refractivity contribution in [3.05, 3.63) is 11.1 Å². The first-order chi connectivity index (χ1) is 5.33. The Morgan fingerprint density at radius 3 is 3.27 bits per heavy atom. The molecule has 6 heteroatoms. The van der Waals surface area contributed by atoms with Crippen molar-refractivity contribution < 1.29 is 5.21 Å². The zero-order valence-corrected chi connectivity index (χ0v) is 6.51. The van der Waals surface area contributed by atoms with Gasteiger partial charge in [-0.25, -0.2) is 4.98 Å². The van der Waals surface area contributed by atoms with E-state index in [2.05, 4.69) is 9.98 Å². The van der Waals surface area contributed by atoms with E-state index in [4.69, 9.17) is 10.9 Å². The van der Waals surface area contributed by atoms with E-state index < -0.39 is 0 Å². The second-order valence-electron chi connectivity index (χ2n) is 1.78. The molecule has 0 saturated carbocycles. The maximum absolute atomic E-state index is 8.11. The Morgan fingerprint density at radius 1 is 1.91 bits per heavy atom. The predicted molar refractivity (Wildman–Crippen MR) is 43.6 cm³/mol. The molecule has 1 aromatic heterocycles. The van der Waals surface area contributed by atoms with Crippen molar-refractivity contribution in [3.63, 3.8) is 0 Å². The number of hydroxylamine groups is 1. The summed E-state index contributed by atoms with van der Waals surface area (Å²) in [5.41, 5.74) is 7.98. The lowest BCUT2D eigenvalue weighted by molar-refractivity contribution is 0.239. The number of hydrogen-bond donors (Lipinski definition) is 3. The second-order valence-corrected chi connectivity index (χ2v) is 2.67. The smallest absolute Gasteiger partial charge is 0.180 e. The first-order valence-electron chi connectivity index (χ1n) is 2.90. The van der Waals surface area contributed by atoms with Crippen LogP contribution in [0.3, 0.4) is 0 Å². The van der Waals surface area contributed by atoms with Crippen molar-refractivity contribution in [2.24, 2.45) is 4.99 Å². The van der Waals surface area contributed by atoms with E-state index in [-0.39, 0.29) is 0 Å². The average molecular weight is 172 g/mol. The molecule has 0 saturated heterocycles. The Hall–Kier alpha value is -1.14. The number of aromatic nitrogens is 1. The molecular weight excluding hydrogens is 164 g/mol. The van der Waals surface area contributed by atoms with Crippen molar-refractivity contribution in [1.29, 1.82) is 0 Å². The van der Waals surface area contributed by atoms with Gasteiger partial charge < -0.3 is 5.73 Å². The monoisotopic (exact) mass is 172 g/mol. The van der Waals surface area contributed by atoms with Crippen molar-refractivity contribution in [2.75, 3.05) is 5.73 Å². The molecule has 0 unspecified atom stereocenters. The molecule has 0 radical (unpaired) electrons. The summed E-state index contributed by atoms with van der Waals surface area (Å²) in [5, 5.41) is 10.5. The van der Waals surface area contributed by atoms with E-state index in [9.17, 15) is 0 Å². The van der Waals surface area contributed by atoms with E-state index in [0.29, 0.717) is 11.7 Å². The van der Waals surface area contributed by atoms with Crippen molar-refractivity contribution in [1.82, 2.24) is 10.5 Å². The summed E-state index contributed by atoms with van der Waals surface area (Å²) in [5.74, 6) is 0. The molecule has 0 aliphatic carbocycles. The average Bonchev–Trinajstić information content (AvgIpc) is 2.37. The Balaban J connectivity index is 2.45. The highest BCUT2D eigenvalue weighted by atomic mass is 32.1. The van der Waals surface area contributed by atoms with Crippen LogP contribution in [0.15, 0.2) is 10.4 Å². The Bertz CT molecular complexity index is 246. The fourth-order valence-corrected chi connectivity index (χ4v) is 1.13. The van der Waals surface area contributed by atoms with Gasteiger partial charge in [0.2, 0.25) is 0 Å². The van der Waals surface area contributed by atoms with E-state index in [1.165, 1.54) is 17.7 Å². The SMILES string of the molecule is Nc1nc(CN=CNO)cs1. The number of anilines is 1. The predicted octanol–water partition coefficient (Wildman–Crippen LogP) is 0.232. The van der Waals surface area contributed by atoms with Crippen LogP contribution in [-0.4, -0.2) is 16.5 Å². The number of hydrogen-bond acceptors (Lipinski definition) is 5. The number of nitrogens with one attached hydrogen (secondary N) is 1. The third-order valence-electron chi connectivity index (χ3n) is 0.972. The van der Waals surface area contributed by atoms with Crippen LogP contribution in [0.1, 0.15) is 5.69 Å². The molecule has 0 spiro atoms. The van der Waals surface area contributed by atoms with Gasteiger partial charge in [0.25, 0.3) is 0 Å². The van der Waals surface area contributed by atoms with Gasteiger partial charge >= 0.3 is 0 Å². The summed E-state index contributed by atoms with van der Waals surface area (Å²) in [6, 6.07) is 0. The summed E-state index contributed by atoms with van der Waals surface area (Å²) < 4.78 is 0. The van der Waals surface area contributed by atoms with Crippen LogP contribution in [0, 0.1) is 0 Å². The normalized spacial score (nSPS) is 10.6. The van der Waals surface area contributed by atoms with Gasteiger partial charge in [0.15, 0.2) is 5.13 Å². The number of nitrogens with zero attached hydrogens (tertiary/aromatic N) is 2. The third-order valence-corrected chi connectivity index (χ3v) is 1.69. The van der Waals surface area contributed by atoms with Gasteiger partial charge in [-0.2, -0.15) is 0 Å². The zero-order chi connectivity index (χ0) is 8.10. The van der Waals surface area contributed by atoms with Crippen LogP contribution in [0.4, 0.5) is 5.13 Å². The van der Waals surface area contributed by atoms with Gasteiger partial charge in [0.05, 0.1) is 12.2 Å². The molecule has 0 aliphatic rings. The number of nitrogens with two attached hydrogens (primary N) is 1. The highest BCUT2D eigenvalue weighted by molar-refractivity contribution is 7.13. The highest BCUT2D eigenvalue weighted by Gasteiger charge is 1.94. The molecule has 1 rings (SSSR count). The number of rotatable bonds is 3. The van der Waals surface area contributed by atoms with Gasteiger partial charge in [0.1, 0.15) is 6.34 Å². The molecule has 0 aromatic carbocycles. The van der Waals surface area contributed by atoms with Gasteiger partial charge in [-0.1, -0.05) is 0 Å². The van der Waals surface area contributed by atoms with E-state index in [1.807, 2.05) is 5.38 Å². The number of thiazole rings is 1. The van der Waals surface area contributed by atoms with Gasteiger partial charge in [0, 0.05) is 5.38 Å². The molecular formula is C5H8N4OS. The van der Waals surface area contributed by atoms with Crippen molar-refractivity contribution in [2.45, 2.75) is 6.54 Å². The molecule has 0 bridgehead atoms. The third kappa shape index (κ3) is 2.52. The molecule has 5 nitrogen and oxygen atoms in total. The molecule has 0 aliphatic heterocycles. The largest absolute Gasteiger partial charge is 0.375 e. The molecule has 0 atom stereocenters. The van der Waals surface area contributed by atoms with E-state index in [1.54, 1.807) is 5.48 Å². The quantitative estimate of drug-likeness (QED) is 0.346. The first-order valence-corrected chi connectivity index (χ1v) is 3.78. The zero-order valence-electron chi connectivity index (χ0n) is 5.69. The van der Waals surface area contributed by atoms with Crippen LogP contribution < -0.4 is 11.2 Å². The summed E-state index contributed by atoms with van der Waals surface area (Å²) in [6.07, 6.45) is 1.19. The van der Waals surface area contributed by atoms with Crippen molar-refractivity contribution >= 4 is 22.8 Å². The maximum atomic E-state index is 8.11. The first kappa shape index (κ1) is 7.96. The Morgan fingerprint density at radius 2 is 2.73 bits per heavy atom. The Kier molecular flexibility index (Phi) is 2.82. The summed E-state index contributed by atoms with van der Waals surface area (Å²) >= 11 is 1.37. The fraction of sp³-hybridized carbons (Fsp3) is 0.200. The van der Waals surface area contributed by atoms with Crippen LogP contribution in [-0.2, 0) is 6.54 Å². The van der Waals surface area contributed by atoms with Crippen molar-refractivity contribution in [3.8, 4) is 0 Å². The lowest BCUT2D eigenvalue weighted by Gasteiger charge is -1.86. The van der Waals surface area contributed by atoms with Gasteiger partial charge in [-0.05, 0) is 0 Å². The molecule has 0 fully saturated rings. The minimum atomic E-state index is 0.432. The van der Waals surface area contributed by atoms with Crippen LogP contribution >= 0.6 is 11.3 Å². The molecule has 11 heavy (non-hydrogen) atoms. The second kappa shape index (κ2) is 3.89. The highest BCUT2D eigenvalue weighted by Crippen LogP contribution is 2.11. The van der Waals surface area contributed by atoms with Gasteiger partial charge in [-0.3, -0.25) is 15.7 Å². The molecule has 60 valence electrons. The standard InChI is InChI=1S/C5H8N4OS/c6-5-9-4(2-11-5)1-7-3-8-10/h2-3,10H,1H2,(H2,6,9)(H,7,8).